The molecule has 16 heavy (non-hydrogen) atoms. The molecule has 1 unspecified atom stereocenters. The van der Waals surface area contributed by atoms with E-state index >= 15 is 0 Å². The monoisotopic (exact) mass is 238 g/mol. The maximum absolute atomic E-state index is 11.0. The summed E-state index contributed by atoms with van der Waals surface area (Å²) >= 11 is 0. The van der Waals surface area contributed by atoms with Crippen LogP contribution >= 0.6 is 8.58 Å². The van der Waals surface area contributed by atoms with E-state index < -0.39 is 5.97 Å². The molecule has 0 spiro atoms. The van der Waals surface area contributed by atoms with Crippen LogP contribution in [0.25, 0.3) is 0 Å². The summed E-state index contributed by atoms with van der Waals surface area (Å²) < 4.78 is 5.29. The van der Waals surface area contributed by atoms with Crippen molar-refractivity contribution >= 4 is 25.4 Å². The van der Waals surface area contributed by atoms with Crippen LogP contribution in [-0.4, -0.2) is 23.2 Å². The van der Waals surface area contributed by atoms with Crippen molar-refractivity contribution in [3.05, 3.63) is 23.3 Å². The molecule has 0 fully saturated rings. The summed E-state index contributed by atoms with van der Waals surface area (Å²) in [5, 5.41) is 9.82. The second-order valence-electron chi connectivity index (χ2n) is 3.60. The molecule has 0 aromatic heterocycles. The van der Waals surface area contributed by atoms with Gasteiger partial charge in [-0.25, -0.2) is 4.79 Å². The molecule has 0 amide bonds. The topological polar surface area (TPSA) is 63.6 Å². The molecule has 0 radical (unpaired) electrons. The average Bonchev–Trinajstić information content (AvgIpc) is 2.62. The van der Waals surface area contributed by atoms with Crippen molar-refractivity contribution < 1.29 is 19.4 Å². The van der Waals surface area contributed by atoms with Gasteiger partial charge in [0.05, 0.1) is 6.61 Å². The summed E-state index contributed by atoms with van der Waals surface area (Å²) in [7, 11) is 0.0158. The number of rotatable bonds is 3. The number of ether oxygens (including phenoxy) is 1. The van der Waals surface area contributed by atoms with E-state index in [2.05, 4.69) is 0 Å². The number of hydrogen-bond donors (Lipinski definition) is 1. The minimum Gasteiger partial charge on any atom is -0.492 e. The average molecular weight is 238 g/mol. The Morgan fingerprint density at radius 1 is 1.44 bits per heavy atom. The van der Waals surface area contributed by atoms with Crippen molar-refractivity contribution in [1.29, 1.82) is 0 Å². The van der Waals surface area contributed by atoms with E-state index in [-0.39, 0.29) is 19.7 Å². The summed E-state index contributed by atoms with van der Waals surface area (Å²) in [6, 6.07) is 3.40. The van der Waals surface area contributed by atoms with Gasteiger partial charge in [0.1, 0.15) is 11.3 Å². The van der Waals surface area contributed by atoms with E-state index in [4.69, 9.17) is 9.84 Å². The molecule has 0 saturated carbocycles. The van der Waals surface area contributed by atoms with Crippen LogP contribution in [0.2, 0.25) is 0 Å². The normalized spacial score (nSPS) is 13.8. The van der Waals surface area contributed by atoms with Gasteiger partial charge in [-0.3, -0.25) is 4.79 Å². The number of benzene rings is 1. The fourth-order valence-electron chi connectivity index (χ4n) is 1.74. The molecule has 1 N–H and O–H groups in total. The standard InChI is InChI=1S/C11H11O4P/c1-6(12)16-8-4-7-2-3-15-10(7)9(5-8)11(13)14/h4-5,16H,2-3H2,1H3,(H,13,14). The van der Waals surface area contributed by atoms with Crippen LogP contribution < -0.4 is 10.0 Å². The lowest BCUT2D eigenvalue weighted by Crippen LogP contribution is -2.07. The molecule has 84 valence electrons. The number of aromatic carboxylic acids is 1. The smallest absolute Gasteiger partial charge is 0.339 e. The molecule has 1 heterocycles. The molecule has 4 nitrogen and oxygen atoms in total. The highest BCUT2D eigenvalue weighted by molar-refractivity contribution is 7.65. The van der Waals surface area contributed by atoms with Crippen molar-refractivity contribution in [2.75, 3.05) is 6.61 Å². The molecule has 1 atom stereocenters. The molecule has 1 aliphatic heterocycles. The third-order valence-corrected chi connectivity index (χ3v) is 3.26. The number of fused-ring (bicyclic) bond motifs is 1. The molecule has 1 aromatic rings. The number of hydrogen-bond acceptors (Lipinski definition) is 3. The molecule has 0 aliphatic carbocycles. The van der Waals surface area contributed by atoms with Gasteiger partial charge in [-0.2, -0.15) is 0 Å². The van der Waals surface area contributed by atoms with Crippen LogP contribution in [0.4, 0.5) is 0 Å². The number of carbonyl (C=O) groups excluding carboxylic acids is 1. The van der Waals surface area contributed by atoms with Gasteiger partial charge in [0.2, 0.25) is 0 Å². The third kappa shape index (κ3) is 2.07. The Hall–Kier alpha value is -1.41. The fraction of sp³-hybridized carbons (Fsp3) is 0.273. The van der Waals surface area contributed by atoms with Crippen LogP contribution in [0.15, 0.2) is 12.1 Å². The molecule has 1 aromatic carbocycles. The predicted molar refractivity (Wildman–Crippen MR) is 61.2 cm³/mol. The minimum atomic E-state index is -1.01. The summed E-state index contributed by atoms with van der Waals surface area (Å²) in [6.45, 7) is 2.02. The molecule has 2 rings (SSSR count). The lowest BCUT2D eigenvalue weighted by atomic mass is 10.1. The largest absolute Gasteiger partial charge is 0.492 e. The van der Waals surface area contributed by atoms with Gasteiger partial charge in [-0.15, -0.1) is 0 Å². The zero-order valence-corrected chi connectivity index (χ0v) is 9.74. The van der Waals surface area contributed by atoms with E-state index in [1.54, 1.807) is 0 Å². The lowest BCUT2D eigenvalue weighted by molar-refractivity contribution is -0.109. The maximum atomic E-state index is 11.0. The number of carboxylic acids is 1. The van der Waals surface area contributed by atoms with Crippen LogP contribution in [0.1, 0.15) is 22.8 Å². The second-order valence-corrected chi connectivity index (χ2v) is 5.13. The molecule has 0 bridgehead atoms. The van der Waals surface area contributed by atoms with Crippen molar-refractivity contribution in [3.8, 4) is 5.75 Å². The van der Waals surface area contributed by atoms with Gasteiger partial charge >= 0.3 is 5.97 Å². The van der Waals surface area contributed by atoms with Gasteiger partial charge in [0, 0.05) is 6.42 Å². The first-order chi connectivity index (χ1) is 7.58. The van der Waals surface area contributed by atoms with Crippen molar-refractivity contribution in [1.82, 2.24) is 0 Å². The van der Waals surface area contributed by atoms with Gasteiger partial charge < -0.3 is 9.84 Å². The molecular formula is C11H11O4P. The fourth-order valence-corrected chi connectivity index (χ4v) is 2.61. The van der Waals surface area contributed by atoms with Crippen LogP contribution in [0.3, 0.4) is 0 Å². The van der Waals surface area contributed by atoms with Crippen LogP contribution in [0.5, 0.6) is 5.75 Å². The van der Waals surface area contributed by atoms with Gasteiger partial charge in [0.15, 0.2) is 5.52 Å². The van der Waals surface area contributed by atoms with Crippen molar-refractivity contribution in [2.45, 2.75) is 13.3 Å². The quantitative estimate of drug-likeness (QED) is 0.803. The highest BCUT2D eigenvalue weighted by Gasteiger charge is 2.21. The van der Waals surface area contributed by atoms with Gasteiger partial charge in [-0.05, 0) is 38.5 Å². The van der Waals surface area contributed by atoms with E-state index in [0.717, 1.165) is 10.9 Å². The van der Waals surface area contributed by atoms with E-state index in [1.165, 1.54) is 13.0 Å². The summed E-state index contributed by atoms with van der Waals surface area (Å²) in [6.07, 6.45) is 0.714. The summed E-state index contributed by atoms with van der Waals surface area (Å²) in [5.41, 5.74) is 1.11. The molecule has 0 saturated heterocycles. The Bertz CT molecular complexity index is 467. The van der Waals surface area contributed by atoms with Gasteiger partial charge in [0.25, 0.3) is 0 Å². The van der Waals surface area contributed by atoms with Crippen molar-refractivity contribution in [2.24, 2.45) is 0 Å². The van der Waals surface area contributed by atoms with Crippen LogP contribution in [-0.2, 0) is 11.2 Å². The zero-order chi connectivity index (χ0) is 11.7. The molecule has 1 aliphatic rings. The second kappa shape index (κ2) is 4.22. The Morgan fingerprint density at radius 2 is 2.19 bits per heavy atom. The Kier molecular flexibility index (Phi) is 2.92. The first-order valence-electron chi connectivity index (χ1n) is 4.88. The Balaban J connectivity index is 2.47. The van der Waals surface area contributed by atoms with Crippen LogP contribution in [0, 0.1) is 0 Å². The SMILES string of the molecule is CC(=O)Pc1cc2c(c(C(=O)O)c1)OCC2. The first kappa shape index (κ1) is 11.1. The highest BCUT2D eigenvalue weighted by atomic mass is 31.1. The van der Waals surface area contributed by atoms with Crippen molar-refractivity contribution in [3.63, 3.8) is 0 Å². The minimum absolute atomic E-state index is 0.0158. The summed E-state index contributed by atoms with van der Waals surface area (Å²) in [4.78, 5) is 22.1. The first-order valence-corrected chi connectivity index (χ1v) is 5.88. The number of carbonyl (C=O) groups is 2. The lowest BCUT2D eigenvalue weighted by Gasteiger charge is -2.06. The Labute approximate surface area is 94.4 Å². The van der Waals surface area contributed by atoms with Gasteiger partial charge in [-0.1, -0.05) is 0 Å². The molecular weight excluding hydrogens is 227 g/mol. The summed E-state index contributed by atoms with van der Waals surface area (Å²) in [5.74, 6) is -0.544. The predicted octanol–water partition coefficient (Wildman–Crippen LogP) is 1.17. The third-order valence-electron chi connectivity index (χ3n) is 2.33. The van der Waals surface area contributed by atoms with E-state index in [0.29, 0.717) is 18.8 Å². The molecule has 5 heteroatoms. The number of carboxylic acid groups (broad SMARTS) is 1. The van der Waals surface area contributed by atoms with E-state index in [1.807, 2.05) is 6.07 Å². The van der Waals surface area contributed by atoms with E-state index in [9.17, 15) is 9.59 Å². The zero-order valence-electron chi connectivity index (χ0n) is 8.74. The maximum Gasteiger partial charge on any atom is 0.339 e. The highest BCUT2D eigenvalue weighted by Crippen LogP contribution is 2.30. The Morgan fingerprint density at radius 3 is 2.81 bits per heavy atom.